The maximum Gasteiger partial charge on any atom is 0.358 e. The topological polar surface area (TPSA) is 18.5 Å². The fourth-order valence-corrected chi connectivity index (χ4v) is 1.71. The summed E-state index contributed by atoms with van der Waals surface area (Å²) >= 11 is 5.05. The zero-order chi connectivity index (χ0) is 13.7. The van der Waals surface area contributed by atoms with Crippen molar-refractivity contribution in [1.29, 1.82) is 0 Å². The van der Waals surface area contributed by atoms with Crippen molar-refractivity contribution in [1.82, 2.24) is 0 Å². The number of hydrogen-bond donors (Lipinski definition) is 0. The van der Waals surface area contributed by atoms with Crippen molar-refractivity contribution in [2.75, 3.05) is 0 Å². The molecule has 0 saturated heterocycles. The van der Waals surface area contributed by atoms with Crippen LogP contribution in [-0.4, -0.2) is 5.24 Å². The molecule has 0 amide bonds. The minimum absolute atomic E-state index is 0.143. The molecule has 0 spiro atoms. The summed E-state index contributed by atoms with van der Waals surface area (Å²) < 4.78 is 10.8. The summed E-state index contributed by atoms with van der Waals surface area (Å²) in [4.78, 5) is 0. The van der Waals surface area contributed by atoms with E-state index in [0.29, 0.717) is 12.4 Å². The van der Waals surface area contributed by atoms with Crippen LogP contribution in [0.15, 0.2) is 48.5 Å². The van der Waals surface area contributed by atoms with Crippen LogP contribution in [0, 0.1) is 13.8 Å². The van der Waals surface area contributed by atoms with Gasteiger partial charge in [0.25, 0.3) is 0 Å². The summed E-state index contributed by atoms with van der Waals surface area (Å²) in [6.07, 6.45) is 0. The van der Waals surface area contributed by atoms with Gasteiger partial charge in [-0.1, -0.05) is 47.5 Å². The molecule has 0 bridgehead atoms. The van der Waals surface area contributed by atoms with Crippen molar-refractivity contribution in [2.24, 2.45) is 0 Å². The van der Waals surface area contributed by atoms with Gasteiger partial charge < -0.3 is 9.47 Å². The molecule has 0 fully saturated rings. The van der Waals surface area contributed by atoms with E-state index in [4.69, 9.17) is 21.7 Å². The van der Waals surface area contributed by atoms with E-state index in [0.717, 1.165) is 5.56 Å². The van der Waals surface area contributed by atoms with Crippen molar-refractivity contribution < 1.29 is 9.47 Å². The van der Waals surface area contributed by atoms with Gasteiger partial charge in [0.2, 0.25) is 0 Å². The van der Waals surface area contributed by atoms with Crippen LogP contribution in [0.3, 0.4) is 0 Å². The number of thiocarbonyl (C=S) groups is 1. The Hall–Kier alpha value is -1.87. The van der Waals surface area contributed by atoms with Crippen LogP contribution >= 0.6 is 12.2 Å². The summed E-state index contributed by atoms with van der Waals surface area (Å²) in [5, 5.41) is 0.143. The predicted molar refractivity (Wildman–Crippen MR) is 80.4 cm³/mol. The van der Waals surface area contributed by atoms with Gasteiger partial charge in [-0.15, -0.1) is 0 Å². The lowest BCUT2D eigenvalue weighted by molar-refractivity contribution is 0.237. The monoisotopic (exact) mass is 272 g/mol. The number of benzene rings is 2. The van der Waals surface area contributed by atoms with Gasteiger partial charge >= 0.3 is 5.24 Å². The summed E-state index contributed by atoms with van der Waals surface area (Å²) in [6.45, 7) is 4.50. The first-order valence-corrected chi connectivity index (χ1v) is 6.51. The standard InChI is InChI=1S/C16H16O2S/c1-12-3-7-14(8-4-12)11-17-16(19)18-15-9-5-13(2)6-10-15/h3-10H,11H2,1-2H3. The quantitative estimate of drug-likeness (QED) is 0.781. The van der Waals surface area contributed by atoms with Crippen LogP contribution in [-0.2, 0) is 11.3 Å². The maximum atomic E-state index is 5.42. The number of ether oxygens (including phenoxy) is 2. The first-order valence-electron chi connectivity index (χ1n) is 6.10. The van der Waals surface area contributed by atoms with Crippen LogP contribution in [0.4, 0.5) is 0 Å². The van der Waals surface area contributed by atoms with Crippen LogP contribution in [0.1, 0.15) is 16.7 Å². The lowest BCUT2D eigenvalue weighted by Crippen LogP contribution is -2.10. The minimum Gasteiger partial charge on any atom is -0.452 e. The Kier molecular flexibility index (Phi) is 4.53. The smallest absolute Gasteiger partial charge is 0.358 e. The molecule has 0 saturated carbocycles. The molecule has 2 aromatic rings. The fraction of sp³-hybridized carbons (Fsp3) is 0.188. The second-order valence-electron chi connectivity index (χ2n) is 4.44. The lowest BCUT2D eigenvalue weighted by Gasteiger charge is -2.09. The Labute approximate surface area is 119 Å². The van der Waals surface area contributed by atoms with E-state index in [2.05, 4.69) is 6.92 Å². The molecule has 0 aliphatic carbocycles. The molecule has 98 valence electrons. The van der Waals surface area contributed by atoms with E-state index in [9.17, 15) is 0 Å². The van der Waals surface area contributed by atoms with E-state index < -0.39 is 0 Å². The van der Waals surface area contributed by atoms with Crippen molar-refractivity contribution in [3.8, 4) is 5.75 Å². The zero-order valence-corrected chi connectivity index (χ0v) is 11.9. The Morgan fingerprint density at radius 1 is 0.895 bits per heavy atom. The molecular formula is C16H16O2S. The molecule has 3 heteroatoms. The second-order valence-corrected chi connectivity index (χ2v) is 4.77. The zero-order valence-electron chi connectivity index (χ0n) is 11.1. The Bertz CT molecular complexity index is 544. The third-order valence-electron chi connectivity index (χ3n) is 2.70. The van der Waals surface area contributed by atoms with Gasteiger partial charge in [0.15, 0.2) is 0 Å². The molecule has 0 heterocycles. The number of aryl methyl sites for hydroxylation is 2. The highest BCUT2D eigenvalue weighted by atomic mass is 32.1. The van der Waals surface area contributed by atoms with E-state index in [1.165, 1.54) is 11.1 Å². The van der Waals surface area contributed by atoms with Crippen LogP contribution in [0.2, 0.25) is 0 Å². The lowest BCUT2D eigenvalue weighted by atomic mass is 10.2. The fourth-order valence-electron chi connectivity index (χ4n) is 1.56. The third kappa shape index (κ3) is 4.38. The molecule has 0 unspecified atom stereocenters. The van der Waals surface area contributed by atoms with E-state index >= 15 is 0 Å². The van der Waals surface area contributed by atoms with Gasteiger partial charge in [-0.3, -0.25) is 0 Å². The molecule has 2 rings (SSSR count). The van der Waals surface area contributed by atoms with Crippen molar-refractivity contribution in [3.63, 3.8) is 0 Å². The summed E-state index contributed by atoms with van der Waals surface area (Å²) in [7, 11) is 0. The highest BCUT2D eigenvalue weighted by Gasteiger charge is 2.02. The van der Waals surface area contributed by atoms with E-state index in [-0.39, 0.29) is 5.24 Å². The molecule has 0 aromatic heterocycles. The normalized spacial score (nSPS) is 10.0. The Morgan fingerprint density at radius 2 is 1.42 bits per heavy atom. The maximum absolute atomic E-state index is 5.42. The summed E-state index contributed by atoms with van der Waals surface area (Å²) in [5.41, 5.74) is 3.47. The average molecular weight is 272 g/mol. The Balaban J connectivity index is 1.84. The summed E-state index contributed by atoms with van der Waals surface area (Å²) in [6, 6.07) is 15.8. The highest BCUT2D eigenvalue weighted by molar-refractivity contribution is 7.79. The van der Waals surface area contributed by atoms with Gasteiger partial charge in [0.05, 0.1) is 0 Å². The number of rotatable bonds is 3. The van der Waals surface area contributed by atoms with Crippen LogP contribution in [0.25, 0.3) is 0 Å². The van der Waals surface area contributed by atoms with Gasteiger partial charge in [0, 0.05) is 12.2 Å². The van der Waals surface area contributed by atoms with Gasteiger partial charge in [-0.05, 0) is 31.5 Å². The molecule has 19 heavy (non-hydrogen) atoms. The van der Waals surface area contributed by atoms with Gasteiger partial charge in [-0.25, -0.2) is 0 Å². The summed E-state index contributed by atoms with van der Waals surface area (Å²) in [5.74, 6) is 0.694. The van der Waals surface area contributed by atoms with Crippen molar-refractivity contribution in [2.45, 2.75) is 20.5 Å². The highest BCUT2D eigenvalue weighted by Crippen LogP contribution is 2.13. The number of hydrogen-bond acceptors (Lipinski definition) is 3. The van der Waals surface area contributed by atoms with Crippen LogP contribution in [0.5, 0.6) is 5.75 Å². The van der Waals surface area contributed by atoms with Gasteiger partial charge in [-0.2, -0.15) is 0 Å². The molecule has 0 N–H and O–H groups in total. The molecule has 2 aromatic carbocycles. The molecule has 0 atom stereocenters. The van der Waals surface area contributed by atoms with E-state index in [1.54, 1.807) is 0 Å². The van der Waals surface area contributed by atoms with E-state index in [1.807, 2.05) is 55.5 Å². The molecule has 0 aliphatic heterocycles. The molecule has 0 radical (unpaired) electrons. The third-order valence-corrected chi connectivity index (χ3v) is 2.90. The molecule has 0 aliphatic rings. The average Bonchev–Trinajstić information content (AvgIpc) is 2.41. The van der Waals surface area contributed by atoms with Crippen molar-refractivity contribution >= 4 is 17.5 Å². The largest absolute Gasteiger partial charge is 0.452 e. The van der Waals surface area contributed by atoms with Gasteiger partial charge in [0.1, 0.15) is 12.4 Å². The van der Waals surface area contributed by atoms with Crippen molar-refractivity contribution in [3.05, 3.63) is 65.2 Å². The molecule has 2 nitrogen and oxygen atoms in total. The SMILES string of the molecule is Cc1ccc(COC(=S)Oc2ccc(C)cc2)cc1. The predicted octanol–water partition coefficient (Wildman–Crippen LogP) is 4.18. The minimum atomic E-state index is 0.143. The first kappa shape index (κ1) is 13.6. The second kappa shape index (κ2) is 6.34. The van der Waals surface area contributed by atoms with Crippen LogP contribution < -0.4 is 4.74 Å². The Morgan fingerprint density at radius 3 is 2.00 bits per heavy atom. The first-order chi connectivity index (χ1) is 9.13. The molecular weight excluding hydrogens is 256 g/mol.